The quantitative estimate of drug-likeness (QED) is 0.786. The van der Waals surface area contributed by atoms with Gasteiger partial charge in [0.15, 0.2) is 0 Å². The van der Waals surface area contributed by atoms with Crippen molar-refractivity contribution in [1.29, 1.82) is 0 Å². The third kappa shape index (κ3) is 2.02. The molecule has 0 aromatic rings. The second-order valence-corrected chi connectivity index (χ2v) is 5.96. The fraction of sp³-hybridized carbons (Fsp3) is 1.00. The monoisotopic (exact) mass is 222 g/mol. The van der Waals surface area contributed by atoms with Gasteiger partial charge in [-0.2, -0.15) is 0 Å². The Hall–Kier alpha value is -0.0800. The highest BCUT2D eigenvalue weighted by atomic mass is 15.2. The van der Waals surface area contributed by atoms with Crippen molar-refractivity contribution in [2.75, 3.05) is 13.1 Å². The molecule has 2 heteroatoms. The van der Waals surface area contributed by atoms with Crippen LogP contribution in [-0.2, 0) is 0 Å². The van der Waals surface area contributed by atoms with Crippen molar-refractivity contribution in [3.05, 3.63) is 0 Å². The fourth-order valence-electron chi connectivity index (χ4n) is 4.02. The van der Waals surface area contributed by atoms with E-state index in [4.69, 9.17) is 0 Å². The van der Waals surface area contributed by atoms with Crippen LogP contribution in [-0.4, -0.2) is 36.1 Å². The van der Waals surface area contributed by atoms with Crippen molar-refractivity contribution < 1.29 is 0 Å². The van der Waals surface area contributed by atoms with E-state index in [9.17, 15) is 0 Å². The summed E-state index contributed by atoms with van der Waals surface area (Å²) in [6.45, 7) is 5.02. The van der Waals surface area contributed by atoms with Crippen LogP contribution in [0.2, 0.25) is 0 Å². The molecular weight excluding hydrogens is 196 g/mol. The van der Waals surface area contributed by atoms with Crippen molar-refractivity contribution in [1.82, 2.24) is 10.2 Å². The maximum Gasteiger partial charge on any atom is 0.0252 e. The molecular formula is C14H26N2. The Kier molecular flexibility index (Phi) is 3.21. The molecule has 1 saturated carbocycles. The van der Waals surface area contributed by atoms with Crippen LogP contribution in [0, 0.1) is 5.92 Å². The van der Waals surface area contributed by atoms with Crippen LogP contribution >= 0.6 is 0 Å². The summed E-state index contributed by atoms with van der Waals surface area (Å²) < 4.78 is 0. The van der Waals surface area contributed by atoms with Crippen LogP contribution in [0.15, 0.2) is 0 Å². The average molecular weight is 222 g/mol. The second kappa shape index (κ2) is 4.66. The predicted molar refractivity (Wildman–Crippen MR) is 67.6 cm³/mol. The van der Waals surface area contributed by atoms with Gasteiger partial charge in [0.25, 0.3) is 0 Å². The molecule has 3 unspecified atom stereocenters. The Morgan fingerprint density at radius 2 is 2.06 bits per heavy atom. The number of nitrogens with zero attached hydrogens (tertiary/aromatic N) is 1. The third-order valence-corrected chi connectivity index (χ3v) is 4.92. The number of likely N-dealkylation sites (tertiary alicyclic amines) is 1. The molecule has 2 aliphatic heterocycles. The van der Waals surface area contributed by atoms with E-state index in [2.05, 4.69) is 17.1 Å². The summed E-state index contributed by atoms with van der Waals surface area (Å²) in [4.78, 5) is 2.88. The Balaban J connectivity index is 1.67. The number of hydrogen-bond donors (Lipinski definition) is 1. The summed E-state index contributed by atoms with van der Waals surface area (Å²) in [7, 11) is 0. The van der Waals surface area contributed by atoms with Crippen LogP contribution in [0.3, 0.4) is 0 Å². The highest BCUT2D eigenvalue weighted by Gasteiger charge is 2.41. The van der Waals surface area contributed by atoms with Crippen LogP contribution in [0.5, 0.6) is 0 Å². The molecule has 92 valence electrons. The van der Waals surface area contributed by atoms with Gasteiger partial charge in [-0.1, -0.05) is 6.92 Å². The zero-order chi connectivity index (χ0) is 11.0. The van der Waals surface area contributed by atoms with Gasteiger partial charge in [0.05, 0.1) is 0 Å². The van der Waals surface area contributed by atoms with E-state index in [-0.39, 0.29) is 0 Å². The summed E-state index contributed by atoms with van der Waals surface area (Å²) in [5, 5.41) is 3.73. The van der Waals surface area contributed by atoms with Gasteiger partial charge in [0.2, 0.25) is 0 Å². The van der Waals surface area contributed by atoms with Gasteiger partial charge in [-0.05, 0) is 64.0 Å². The summed E-state index contributed by atoms with van der Waals surface area (Å²) in [5.41, 5.74) is 0. The van der Waals surface area contributed by atoms with Crippen molar-refractivity contribution in [2.45, 2.75) is 70.0 Å². The minimum Gasteiger partial charge on any atom is -0.312 e. The van der Waals surface area contributed by atoms with Gasteiger partial charge in [0.1, 0.15) is 0 Å². The van der Waals surface area contributed by atoms with E-state index < -0.39 is 0 Å². The normalized spacial score (nSPS) is 38.1. The lowest BCUT2D eigenvalue weighted by atomic mass is 10.0. The zero-order valence-electron chi connectivity index (χ0n) is 10.6. The molecule has 2 nitrogen and oxygen atoms in total. The van der Waals surface area contributed by atoms with Crippen molar-refractivity contribution in [3.8, 4) is 0 Å². The maximum atomic E-state index is 3.73. The fourth-order valence-corrected chi connectivity index (χ4v) is 4.02. The first-order chi connectivity index (χ1) is 7.90. The molecule has 2 heterocycles. The Morgan fingerprint density at radius 1 is 1.19 bits per heavy atom. The minimum atomic E-state index is 0.815. The predicted octanol–water partition coefficient (Wildman–Crippen LogP) is 2.39. The first-order valence-electron chi connectivity index (χ1n) is 7.39. The van der Waals surface area contributed by atoms with Crippen LogP contribution in [0.1, 0.15) is 51.9 Å². The van der Waals surface area contributed by atoms with Crippen LogP contribution in [0.4, 0.5) is 0 Å². The summed E-state index contributed by atoms with van der Waals surface area (Å²) in [5.74, 6) is 1.05. The number of hydrogen-bond acceptors (Lipinski definition) is 2. The van der Waals surface area contributed by atoms with Gasteiger partial charge < -0.3 is 5.32 Å². The summed E-state index contributed by atoms with van der Waals surface area (Å²) in [6, 6.07) is 2.60. The van der Waals surface area contributed by atoms with Crippen LogP contribution < -0.4 is 5.32 Å². The highest BCUT2D eigenvalue weighted by molar-refractivity contribution is 4.98. The molecule has 3 fully saturated rings. The number of rotatable bonds is 4. The lowest BCUT2D eigenvalue weighted by molar-refractivity contribution is 0.133. The smallest absolute Gasteiger partial charge is 0.0252 e. The first-order valence-corrected chi connectivity index (χ1v) is 7.39. The Labute approximate surface area is 99.8 Å². The van der Waals surface area contributed by atoms with Gasteiger partial charge >= 0.3 is 0 Å². The molecule has 16 heavy (non-hydrogen) atoms. The van der Waals surface area contributed by atoms with Gasteiger partial charge in [-0.15, -0.1) is 0 Å². The topological polar surface area (TPSA) is 15.3 Å². The van der Waals surface area contributed by atoms with Crippen LogP contribution in [0.25, 0.3) is 0 Å². The maximum absolute atomic E-state index is 3.73. The second-order valence-electron chi connectivity index (χ2n) is 5.96. The van der Waals surface area contributed by atoms with E-state index in [1.807, 2.05) is 0 Å². The molecule has 0 radical (unpaired) electrons. The SMILES string of the molecule is CCC(C1CC1)N1CCCC1C1CCCN1. The lowest BCUT2D eigenvalue weighted by Gasteiger charge is -2.36. The van der Waals surface area contributed by atoms with E-state index in [1.54, 1.807) is 0 Å². The van der Waals surface area contributed by atoms with Crippen molar-refractivity contribution >= 4 is 0 Å². The molecule has 3 atom stereocenters. The van der Waals surface area contributed by atoms with Gasteiger partial charge in [-0.3, -0.25) is 4.90 Å². The summed E-state index contributed by atoms with van der Waals surface area (Å²) in [6.07, 6.45) is 10.1. The van der Waals surface area contributed by atoms with Gasteiger partial charge in [0, 0.05) is 18.1 Å². The molecule has 0 amide bonds. The molecule has 0 aromatic heterocycles. The average Bonchev–Trinajstić information content (AvgIpc) is 2.83. The van der Waals surface area contributed by atoms with E-state index in [1.165, 1.54) is 58.0 Å². The third-order valence-electron chi connectivity index (χ3n) is 4.92. The highest BCUT2D eigenvalue weighted by Crippen LogP contribution is 2.40. The standard InChI is InChI=1S/C14H26N2/c1-2-13(11-7-8-11)16-10-4-6-14(16)12-5-3-9-15-12/h11-15H,2-10H2,1H3. The molecule has 2 saturated heterocycles. The van der Waals surface area contributed by atoms with E-state index >= 15 is 0 Å². The Bertz CT molecular complexity index is 231. The first kappa shape index (κ1) is 11.0. The molecule has 3 aliphatic rings. The lowest BCUT2D eigenvalue weighted by Crippen LogP contribution is -2.48. The largest absolute Gasteiger partial charge is 0.312 e. The Morgan fingerprint density at radius 3 is 2.69 bits per heavy atom. The zero-order valence-corrected chi connectivity index (χ0v) is 10.6. The van der Waals surface area contributed by atoms with E-state index in [0.29, 0.717) is 0 Å². The molecule has 0 aromatic carbocycles. The van der Waals surface area contributed by atoms with Crippen molar-refractivity contribution in [3.63, 3.8) is 0 Å². The molecule has 1 aliphatic carbocycles. The molecule has 3 rings (SSSR count). The van der Waals surface area contributed by atoms with E-state index in [0.717, 1.165) is 24.0 Å². The number of nitrogens with one attached hydrogen (secondary N) is 1. The molecule has 1 N–H and O–H groups in total. The molecule has 0 spiro atoms. The van der Waals surface area contributed by atoms with Gasteiger partial charge in [-0.25, -0.2) is 0 Å². The summed E-state index contributed by atoms with van der Waals surface area (Å²) >= 11 is 0. The van der Waals surface area contributed by atoms with Crippen molar-refractivity contribution in [2.24, 2.45) is 5.92 Å². The molecule has 0 bridgehead atoms. The minimum absolute atomic E-state index is 0.815.